The van der Waals surface area contributed by atoms with Crippen molar-refractivity contribution in [3.8, 4) is 23.3 Å². The first-order valence-corrected chi connectivity index (χ1v) is 17.7. The Morgan fingerprint density at radius 1 is 1.06 bits per heavy atom. The quantitative estimate of drug-likeness (QED) is 0.174. The van der Waals surface area contributed by atoms with Gasteiger partial charge in [-0.3, -0.25) is 9.88 Å². The predicted molar refractivity (Wildman–Crippen MR) is 186 cm³/mol. The highest BCUT2D eigenvalue weighted by Crippen LogP contribution is 2.41. The van der Waals surface area contributed by atoms with E-state index in [2.05, 4.69) is 20.9 Å². The van der Waals surface area contributed by atoms with E-state index in [1.165, 1.54) is 11.3 Å². The van der Waals surface area contributed by atoms with Crippen LogP contribution in [-0.4, -0.2) is 87.9 Å². The maximum absolute atomic E-state index is 16.7. The second kappa shape index (κ2) is 13.4. The number of piperazine rings is 1. The predicted octanol–water partition coefficient (Wildman–Crippen LogP) is 6.74. The summed E-state index contributed by atoms with van der Waals surface area (Å²) in [5.74, 6) is -0.199. The van der Waals surface area contributed by atoms with Gasteiger partial charge in [-0.15, -0.1) is 11.3 Å². The average Bonchev–Trinajstić information content (AvgIpc) is 3.82. The first-order valence-electron chi connectivity index (χ1n) is 16.9. The molecule has 0 aliphatic carbocycles. The van der Waals surface area contributed by atoms with Crippen molar-refractivity contribution in [2.45, 2.75) is 50.0 Å². The number of carbonyl (C=O) groups excluding carboxylic acids is 1. The number of thiophene rings is 1. The molecule has 3 aromatic heterocycles. The lowest BCUT2D eigenvalue weighted by molar-refractivity contribution is 0.0768. The van der Waals surface area contributed by atoms with Crippen LogP contribution in [0, 0.1) is 17.1 Å². The topological polar surface area (TPSA) is 108 Å². The van der Waals surface area contributed by atoms with Crippen LogP contribution in [-0.2, 0) is 11.3 Å². The number of hydrogen-bond acceptors (Lipinski definition) is 10. The molecule has 3 fully saturated rings. The molecule has 13 heteroatoms. The van der Waals surface area contributed by atoms with Crippen LogP contribution in [0.1, 0.15) is 31.2 Å². The summed E-state index contributed by atoms with van der Waals surface area (Å²) >= 11 is 1.52. The molecule has 6 heterocycles. The van der Waals surface area contributed by atoms with E-state index in [1.54, 1.807) is 11.1 Å². The number of carbonyl (C=O) groups is 1. The van der Waals surface area contributed by atoms with Gasteiger partial charge in [-0.25, -0.2) is 13.6 Å². The number of hydrogen-bond donors (Lipinski definition) is 0. The fourth-order valence-electron chi connectivity index (χ4n) is 7.69. The summed E-state index contributed by atoms with van der Waals surface area (Å²) in [5, 5.41) is 12.9. The fourth-order valence-corrected chi connectivity index (χ4v) is 8.64. The minimum Gasteiger partial charge on any atom is -0.461 e. The largest absolute Gasteiger partial charge is 0.461 e. The highest BCUT2D eigenvalue weighted by molar-refractivity contribution is 7.17. The fraction of sp³-hybridized carbons (Fsp3) is 0.378. The summed E-state index contributed by atoms with van der Waals surface area (Å²) in [7, 11) is 0. The summed E-state index contributed by atoms with van der Waals surface area (Å²) < 4.78 is 44.1. The molecule has 2 aromatic carbocycles. The van der Waals surface area contributed by atoms with Crippen molar-refractivity contribution in [3.63, 3.8) is 0 Å². The van der Waals surface area contributed by atoms with Crippen LogP contribution in [0.25, 0.3) is 32.2 Å². The van der Waals surface area contributed by atoms with Crippen molar-refractivity contribution in [3.05, 3.63) is 77.6 Å². The van der Waals surface area contributed by atoms with E-state index in [0.29, 0.717) is 36.3 Å². The van der Waals surface area contributed by atoms with Gasteiger partial charge in [-0.2, -0.15) is 15.2 Å². The van der Waals surface area contributed by atoms with E-state index in [0.717, 1.165) is 35.0 Å². The van der Waals surface area contributed by atoms with Gasteiger partial charge in [0.25, 0.3) is 0 Å². The van der Waals surface area contributed by atoms with Crippen LogP contribution in [0.2, 0.25) is 0 Å². The van der Waals surface area contributed by atoms with Crippen molar-refractivity contribution >= 4 is 44.2 Å². The summed E-state index contributed by atoms with van der Waals surface area (Å²) in [5.41, 5.74) is 1.32. The second-order valence-electron chi connectivity index (χ2n) is 13.2. The zero-order chi connectivity index (χ0) is 34.2. The van der Waals surface area contributed by atoms with Gasteiger partial charge in [0.15, 0.2) is 5.82 Å². The summed E-state index contributed by atoms with van der Waals surface area (Å²) in [4.78, 5) is 32.9. The van der Waals surface area contributed by atoms with Gasteiger partial charge in [0.2, 0.25) is 0 Å². The van der Waals surface area contributed by atoms with Gasteiger partial charge in [-0.05, 0) is 31.0 Å². The molecule has 8 rings (SSSR count). The zero-order valence-electron chi connectivity index (χ0n) is 27.3. The number of rotatable bonds is 8. The Morgan fingerprint density at radius 2 is 1.90 bits per heavy atom. The first kappa shape index (κ1) is 32.3. The van der Waals surface area contributed by atoms with E-state index >= 15 is 4.39 Å². The number of fused-ring (bicyclic) bond motifs is 3. The lowest BCUT2D eigenvalue weighted by Gasteiger charge is -2.40. The minimum absolute atomic E-state index is 0.0104. The molecule has 256 valence electrons. The van der Waals surface area contributed by atoms with Crippen LogP contribution in [0.15, 0.2) is 66.2 Å². The number of aromatic nitrogens is 3. The van der Waals surface area contributed by atoms with E-state index in [1.807, 2.05) is 64.9 Å². The number of pyridine rings is 1. The average molecular weight is 696 g/mol. The standard InChI is InChI=1S/C37H35F2N7O3S/c38-25-17-37(12-6-14-45(37)19-25)23-49-35-42-33-28(18-41-32(31(33)39)29-22-50-30-10-5-4-9-27(29)30)34(43-35)44-15-16-46(26(20-44)11-13-40)36(47)48-21-24-7-2-1-3-8-24/h1-5,7-10,18,22,25-26H,6,11-12,14-17,19-21,23H2/t25-,26+,37+/m1/s1. The van der Waals surface area contributed by atoms with Crippen molar-refractivity contribution in [1.29, 1.82) is 5.26 Å². The molecule has 10 nitrogen and oxygen atoms in total. The molecular formula is C37H35F2N7O3S. The molecule has 5 aromatic rings. The molecule has 3 atom stereocenters. The molecule has 0 radical (unpaired) electrons. The molecule has 0 bridgehead atoms. The zero-order valence-corrected chi connectivity index (χ0v) is 28.1. The van der Waals surface area contributed by atoms with E-state index in [-0.39, 0.29) is 49.9 Å². The molecule has 50 heavy (non-hydrogen) atoms. The smallest absolute Gasteiger partial charge is 0.410 e. The van der Waals surface area contributed by atoms with Gasteiger partial charge in [0.1, 0.15) is 36.4 Å². The normalized spacial score (nSPS) is 22.2. The first-order chi connectivity index (χ1) is 24.4. The monoisotopic (exact) mass is 695 g/mol. The van der Waals surface area contributed by atoms with Crippen LogP contribution >= 0.6 is 11.3 Å². The number of benzene rings is 2. The number of halogens is 2. The highest BCUT2D eigenvalue weighted by atomic mass is 32.1. The molecule has 3 aliphatic heterocycles. The van der Waals surface area contributed by atoms with Crippen LogP contribution < -0.4 is 9.64 Å². The molecule has 0 N–H and O–H groups in total. The van der Waals surface area contributed by atoms with Crippen LogP contribution in [0.5, 0.6) is 6.01 Å². The van der Waals surface area contributed by atoms with Gasteiger partial charge in [0.05, 0.1) is 29.5 Å². The van der Waals surface area contributed by atoms with Gasteiger partial charge in [-0.1, -0.05) is 48.5 Å². The van der Waals surface area contributed by atoms with Crippen LogP contribution in [0.3, 0.4) is 0 Å². The highest BCUT2D eigenvalue weighted by Gasteiger charge is 2.49. The maximum atomic E-state index is 16.7. The second-order valence-corrected chi connectivity index (χ2v) is 14.1. The van der Waals surface area contributed by atoms with Crippen molar-refractivity contribution in [2.24, 2.45) is 0 Å². The lowest BCUT2D eigenvalue weighted by Crippen LogP contribution is -2.55. The molecule has 0 spiro atoms. The summed E-state index contributed by atoms with van der Waals surface area (Å²) in [6.07, 6.45) is 2.35. The third kappa shape index (κ3) is 5.96. The van der Waals surface area contributed by atoms with Crippen molar-refractivity contribution in [2.75, 3.05) is 44.2 Å². The third-order valence-corrected chi connectivity index (χ3v) is 11.1. The number of alkyl halides is 1. The van der Waals surface area contributed by atoms with Crippen LogP contribution in [0.4, 0.5) is 19.4 Å². The number of ether oxygens (including phenoxy) is 2. The maximum Gasteiger partial charge on any atom is 0.410 e. The lowest BCUT2D eigenvalue weighted by atomic mass is 9.95. The number of amides is 1. The molecule has 3 saturated heterocycles. The Morgan fingerprint density at radius 3 is 2.76 bits per heavy atom. The Bertz CT molecular complexity index is 2090. The Labute approximate surface area is 291 Å². The third-order valence-electron chi connectivity index (χ3n) is 10.2. The Hall–Kier alpha value is -4.93. The molecule has 3 aliphatic rings. The Kier molecular flexibility index (Phi) is 8.66. The molecular weight excluding hydrogens is 661 g/mol. The molecule has 0 saturated carbocycles. The van der Waals surface area contributed by atoms with Crippen molar-refractivity contribution < 1.29 is 23.0 Å². The van der Waals surface area contributed by atoms with Gasteiger partial charge >= 0.3 is 12.1 Å². The molecule has 1 amide bonds. The van der Waals surface area contributed by atoms with E-state index in [4.69, 9.17) is 14.5 Å². The molecule has 0 unspecified atom stereocenters. The Balaban J connectivity index is 1.13. The summed E-state index contributed by atoms with van der Waals surface area (Å²) in [6.45, 7) is 2.34. The van der Waals surface area contributed by atoms with Gasteiger partial charge < -0.3 is 19.3 Å². The van der Waals surface area contributed by atoms with E-state index in [9.17, 15) is 14.4 Å². The van der Waals surface area contributed by atoms with Gasteiger partial charge in [0, 0.05) is 59.8 Å². The number of anilines is 1. The number of nitrogens with zero attached hydrogens (tertiary/aromatic N) is 7. The van der Waals surface area contributed by atoms with Crippen molar-refractivity contribution in [1.82, 2.24) is 24.8 Å². The SMILES string of the molecule is N#CC[C@H]1CN(c2nc(OC[C@@]34CCCN3C[C@H](F)C4)nc3c(F)c(-c4csc5ccccc45)ncc23)CCN1C(=O)OCc1ccccc1. The van der Waals surface area contributed by atoms with E-state index < -0.39 is 29.7 Å². The summed E-state index contributed by atoms with van der Waals surface area (Å²) in [6, 6.07) is 18.9. The number of nitriles is 1. The minimum atomic E-state index is -0.925.